The lowest BCUT2D eigenvalue weighted by Gasteiger charge is -2.30. The van der Waals surface area contributed by atoms with Crippen molar-refractivity contribution < 1.29 is 5.71 Å². The largest absolute Gasteiger partial charge is 0.350 e. The van der Waals surface area contributed by atoms with E-state index in [0.29, 0.717) is 5.95 Å². The van der Waals surface area contributed by atoms with Crippen molar-refractivity contribution in [3.8, 4) is 0 Å². The number of aromatic nitrogens is 3. The quantitative estimate of drug-likeness (QED) is 0.323. The first-order valence-corrected chi connectivity index (χ1v) is 10.7. The fourth-order valence-electron chi connectivity index (χ4n) is 4.26. The Bertz CT molecular complexity index is 770. The fourth-order valence-corrected chi connectivity index (χ4v) is 4.26. The number of benzene rings is 1. The number of nitrogens with one attached hydrogen (secondary N) is 1. The third-order valence-corrected chi connectivity index (χ3v) is 5.62. The Morgan fingerprint density at radius 3 is 1.55 bits per heavy atom. The van der Waals surface area contributed by atoms with Crippen LogP contribution < -0.4 is 39.7 Å². The van der Waals surface area contributed by atoms with Gasteiger partial charge < -0.3 is 39.7 Å². The summed E-state index contributed by atoms with van der Waals surface area (Å²) in [7, 11) is 0. The zero-order valence-corrected chi connectivity index (χ0v) is 21.3. The van der Waals surface area contributed by atoms with E-state index in [2.05, 4.69) is 47.2 Å². The molecule has 0 spiro atoms. The molecule has 2 aliphatic heterocycles. The molecule has 0 bridgehead atoms. The van der Waals surface area contributed by atoms with Crippen LogP contribution in [0.2, 0.25) is 0 Å². The third kappa shape index (κ3) is 8.90. The molecule has 33 heavy (non-hydrogen) atoms. The van der Waals surface area contributed by atoms with Crippen LogP contribution in [0.3, 0.4) is 0 Å². The van der Waals surface area contributed by atoms with Gasteiger partial charge in [0.25, 0.3) is 0 Å². The van der Waals surface area contributed by atoms with Crippen molar-refractivity contribution in [1.29, 1.82) is 0 Å². The highest BCUT2D eigenvalue weighted by Gasteiger charge is 2.20. The van der Waals surface area contributed by atoms with Gasteiger partial charge in [-0.3, -0.25) is 0 Å². The van der Waals surface area contributed by atoms with Gasteiger partial charge in [-0.25, -0.2) is 0 Å². The van der Waals surface area contributed by atoms with Gasteiger partial charge in [-0.1, -0.05) is 29.3 Å². The maximum Gasteiger partial charge on any atom is 0.231 e. The van der Waals surface area contributed by atoms with Gasteiger partial charge in [0.05, 0.1) is 0 Å². The predicted molar refractivity (Wildman–Crippen MR) is 151 cm³/mol. The average molecular weight is 493 g/mol. The summed E-state index contributed by atoms with van der Waals surface area (Å²) in [6.45, 7) is 9.18. The number of hydrogen-bond donors (Lipinski definition) is 5. The van der Waals surface area contributed by atoms with E-state index >= 15 is 0 Å². The number of rotatable bonds is 5. The lowest BCUT2D eigenvalue weighted by molar-refractivity contribution is 0.556. The smallest absolute Gasteiger partial charge is 0.231 e. The Morgan fingerprint density at radius 2 is 1.12 bits per heavy atom. The molecule has 2 aromatic rings. The first-order valence-electron chi connectivity index (χ1n) is 10.7. The summed E-state index contributed by atoms with van der Waals surface area (Å²) in [4.78, 5) is 19.0. The molecule has 1 aromatic carbocycles. The van der Waals surface area contributed by atoms with Gasteiger partial charge >= 0.3 is 0 Å². The molecule has 198 valence electrons. The molecule has 1 aromatic heterocycles. The van der Waals surface area contributed by atoms with Gasteiger partial charge in [0, 0.05) is 38.4 Å². The molecule has 2 aliphatic rings. The van der Waals surface area contributed by atoms with Crippen molar-refractivity contribution in [1.82, 2.24) is 39.6 Å². The van der Waals surface area contributed by atoms with E-state index in [1.165, 1.54) is 55.2 Å². The summed E-state index contributed by atoms with van der Waals surface area (Å²) in [6.07, 6.45) is 7.48. The summed E-state index contributed by atoms with van der Waals surface area (Å²) in [6, 6.07) is 6.64. The van der Waals surface area contributed by atoms with Gasteiger partial charge in [0.2, 0.25) is 17.8 Å². The zero-order valence-electron chi connectivity index (χ0n) is 20.5. The highest BCUT2D eigenvalue weighted by Crippen LogP contribution is 2.23. The van der Waals surface area contributed by atoms with E-state index in [1.54, 1.807) is 0 Å². The van der Waals surface area contributed by atoms with Gasteiger partial charge in [0.1, 0.15) is 0 Å². The second-order valence-electron chi connectivity index (χ2n) is 8.20. The van der Waals surface area contributed by atoms with Crippen molar-refractivity contribution in [3.63, 3.8) is 0 Å². The highest BCUT2D eigenvalue weighted by atomic mass is 35.5. The molecule has 0 saturated carbocycles. The van der Waals surface area contributed by atoms with Crippen LogP contribution in [-0.2, 0) is 6.54 Å². The van der Waals surface area contributed by atoms with Gasteiger partial charge in [0.15, 0.2) is 0 Å². The first-order chi connectivity index (χ1) is 13.7. The summed E-state index contributed by atoms with van der Waals surface area (Å²) in [5.41, 5.74) is 3.84. The molecule has 13 N–H and O–H groups in total. The minimum Gasteiger partial charge on any atom is -0.350 e. The van der Waals surface area contributed by atoms with Gasteiger partial charge in [-0.2, -0.15) is 15.0 Å². The second kappa shape index (κ2) is 15.6. The normalized spacial score (nSPS) is 15.0. The average Bonchev–Trinajstić information content (AvgIpc) is 2.73. The molecule has 10 nitrogen and oxygen atoms in total. The Balaban J connectivity index is -0.000000267. The van der Waals surface area contributed by atoms with Crippen LogP contribution in [0.5, 0.6) is 0 Å². The lowest BCUT2D eigenvalue weighted by Crippen LogP contribution is -2.34. The van der Waals surface area contributed by atoms with Crippen molar-refractivity contribution in [2.24, 2.45) is 0 Å². The van der Waals surface area contributed by atoms with Crippen LogP contribution >= 0.6 is 12.4 Å². The molecular weight excluding hydrogens is 440 g/mol. The standard InChI is InChI=1S/C22H32N6.ClH.4H3N.4H2/c1-17-13-18(2)15-19(14-17)16-23-20-24-21(27-9-5-3-6-10-27)26-22(25-20)28-11-7-4-8-12-28;;;;;;;;;/h13-15H,3-12,16H2,1-2H3,(H,23,24,25,26);1H;4*1H3;4*1H. The number of hydrogen-bond acceptors (Lipinski definition) is 10. The van der Waals surface area contributed by atoms with Gasteiger partial charge in [-0.15, -0.1) is 12.4 Å². The van der Waals surface area contributed by atoms with E-state index in [-0.39, 0.29) is 42.7 Å². The number of halogens is 1. The van der Waals surface area contributed by atoms with Crippen LogP contribution in [0, 0.1) is 13.8 Å². The molecule has 0 aliphatic carbocycles. The SMILES string of the molecule is Cc1cc(C)cc(CNc2nc(N3CCCCC3)nc(N3CCCCC3)n2)c1.Cl.N.N.N.N.[HH].[HH].[HH].[HH]. The molecule has 4 rings (SSSR count). The molecule has 2 fully saturated rings. The molecular formula is C22H53ClN10. The predicted octanol–water partition coefficient (Wildman–Crippen LogP) is 6.13. The highest BCUT2D eigenvalue weighted by molar-refractivity contribution is 5.85. The van der Waals surface area contributed by atoms with E-state index in [0.717, 1.165) is 44.6 Å². The number of anilines is 3. The van der Waals surface area contributed by atoms with Crippen LogP contribution in [0.4, 0.5) is 17.8 Å². The van der Waals surface area contributed by atoms with Crippen molar-refractivity contribution >= 4 is 30.3 Å². The summed E-state index contributed by atoms with van der Waals surface area (Å²) >= 11 is 0. The van der Waals surface area contributed by atoms with E-state index in [9.17, 15) is 0 Å². The van der Waals surface area contributed by atoms with Crippen LogP contribution in [0.25, 0.3) is 0 Å². The van der Waals surface area contributed by atoms with Crippen molar-refractivity contribution in [3.05, 3.63) is 34.9 Å². The Kier molecular flexibility index (Phi) is 15.5. The maximum atomic E-state index is 4.85. The summed E-state index contributed by atoms with van der Waals surface area (Å²) in [5.74, 6) is 2.35. The lowest BCUT2D eigenvalue weighted by atomic mass is 10.1. The third-order valence-electron chi connectivity index (χ3n) is 5.62. The van der Waals surface area contributed by atoms with Crippen LogP contribution in [0.1, 0.15) is 60.9 Å². The molecule has 0 amide bonds. The van der Waals surface area contributed by atoms with Crippen LogP contribution in [0.15, 0.2) is 18.2 Å². The Labute approximate surface area is 211 Å². The molecule has 11 heteroatoms. The number of piperidine rings is 2. The van der Waals surface area contributed by atoms with E-state index in [4.69, 9.17) is 15.0 Å². The molecule has 0 unspecified atom stereocenters. The van der Waals surface area contributed by atoms with E-state index in [1.807, 2.05) is 0 Å². The topological polar surface area (TPSA) is 197 Å². The summed E-state index contributed by atoms with van der Waals surface area (Å²) < 4.78 is 0. The number of aryl methyl sites for hydroxylation is 2. The number of nitrogens with zero attached hydrogens (tertiary/aromatic N) is 5. The fraction of sp³-hybridized carbons (Fsp3) is 0.591. The Morgan fingerprint density at radius 1 is 0.697 bits per heavy atom. The monoisotopic (exact) mass is 492 g/mol. The second-order valence-corrected chi connectivity index (χ2v) is 8.20. The maximum absolute atomic E-state index is 4.85. The van der Waals surface area contributed by atoms with E-state index < -0.39 is 0 Å². The van der Waals surface area contributed by atoms with Crippen molar-refractivity contribution in [2.45, 2.75) is 58.9 Å². The minimum atomic E-state index is 0. The van der Waals surface area contributed by atoms with Crippen LogP contribution in [-0.4, -0.2) is 41.1 Å². The molecule has 0 atom stereocenters. The van der Waals surface area contributed by atoms with Gasteiger partial charge in [-0.05, 0) is 57.9 Å². The molecule has 2 saturated heterocycles. The molecule has 3 heterocycles. The first kappa shape index (κ1) is 32.9. The molecule has 0 radical (unpaired) electrons. The summed E-state index contributed by atoms with van der Waals surface area (Å²) in [5, 5.41) is 3.46. The zero-order chi connectivity index (χ0) is 19.3. The Hall–Kier alpha value is -2.24. The minimum absolute atomic E-state index is 0. The van der Waals surface area contributed by atoms with Crippen molar-refractivity contribution in [2.75, 3.05) is 41.3 Å².